The Bertz CT molecular complexity index is 404. The first-order chi connectivity index (χ1) is 8.29. The topological polar surface area (TPSA) is 67.1 Å². The molecule has 1 aromatic carbocycles. The average Bonchev–Trinajstić information content (AvgIpc) is 2.35. The van der Waals surface area contributed by atoms with Crippen molar-refractivity contribution >= 4 is 11.6 Å². The fourth-order valence-electron chi connectivity index (χ4n) is 2.01. The van der Waals surface area contributed by atoms with Gasteiger partial charge in [-0.25, -0.2) is 0 Å². The molecular formula is C13H19N3O. The van der Waals surface area contributed by atoms with Gasteiger partial charge in [-0.2, -0.15) is 0 Å². The third kappa shape index (κ3) is 3.28. The number of hydrogen-bond acceptors (Lipinski definition) is 3. The van der Waals surface area contributed by atoms with E-state index in [9.17, 15) is 4.79 Å². The van der Waals surface area contributed by atoms with Crippen molar-refractivity contribution in [3.05, 3.63) is 29.3 Å². The van der Waals surface area contributed by atoms with Crippen molar-refractivity contribution in [2.24, 2.45) is 5.73 Å². The number of carbonyl (C=O) groups excluding carboxylic acids is 1. The number of fused-ring (bicyclic) bond motifs is 1. The van der Waals surface area contributed by atoms with Crippen LogP contribution < -0.4 is 16.4 Å². The van der Waals surface area contributed by atoms with Crippen LogP contribution in [0.4, 0.5) is 5.69 Å². The van der Waals surface area contributed by atoms with E-state index < -0.39 is 0 Å². The van der Waals surface area contributed by atoms with Crippen LogP contribution in [-0.4, -0.2) is 19.0 Å². The van der Waals surface area contributed by atoms with Crippen LogP contribution in [0.15, 0.2) is 18.2 Å². The molecule has 0 spiro atoms. The summed E-state index contributed by atoms with van der Waals surface area (Å²) in [5, 5.41) is 6.24. The summed E-state index contributed by atoms with van der Waals surface area (Å²) in [4.78, 5) is 11.2. The molecule has 17 heavy (non-hydrogen) atoms. The van der Waals surface area contributed by atoms with Gasteiger partial charge in [-0.3, -0.25) is 4.79 Å². The van der Waals surface area contributed by atoms with Crippen LogP contribution in [0.25, 0.3) is 0 Å². The van der Waals surface area contributed by atoms with Gasteiger partial charge in [-0.15, -0.1) is 0 Å². The number of amides is 1. The van der Waals surface area contributed by atoms with Crippen LogP contribution in [0, 0.1) is 0 Å². The Balaban J connectivity index is 1.94. The molecule has 0 atom stereocenters. The standard InChI is InChI=1S/C13H19N3O/c14-6-1-7-15-9-10-2-4-12-11(8-10)3-5-13(17)16-12/h2,4,8,15H,1,3,5-7,9,14H2,(H,16,17). The first kappa shape index (κ1) is 12.1. The summed E-state index contributed by atoms with van der Waals surface area (Å²) in [6.45, 7) is 2.54. The van der Waals surface area contributed by atoms with Crippen molar-refractivity contribution in [3.63, 3.8) is 0 Å². The van der Waals surface area contributed by atoms with Crippen LogP contribution in [-0.2, 0) is 17.8 Å². The zero-order chi connectivity index (χ0) is 12.1. The summed E-state index contributed by atoms with van der Waals surface area (Å²) in [5.41, 5.74) is 8.90. The van der Waals surface area contributed by atoms with E-state index in [1.165, 1.54) is 11.1 Å². The summed E-state index contributed by atoms with van der Waals surface area (Å²) in [7, 11) is 0. The number of anilines is 1. The van der Waals surface area contributed by atoms with Crippen molar-refractivity contribution in [2.75, 3.05) is 18.4 Å². The Hall–Kier alpha value is -1.39. The molecule has 0 bridgehead atoms. The fraction of sp³-hybridized carbons (Fsp3) is 0.462. The van der Waals surface area contributed by atoms with E-state index in [-0.39, 0.29) is 5.91 Å². The van der Waals surface area contributed by atoms with Gasteiger partial charge in [0.05, 0.1) is 0 Å². The second kappa shape index (κ2) is 5.80. The van der Waals surface area contributed by atoms with Crippen molar-refractivity contribution in [3.8, 4) is 0 Å². The lowest BCUT2D eigenvalue weighted by molar-refractivity contribution is -0.116. The molecule has 4 heteroatoms. The molecule has 2 rings (SSSR count). The van der Waals surface area contributed by atoms with Gasteiger partial charge < -0.3 is 16.4 Å². The number of benzene rings is 1. The highest BCUT2D eigenvalue weighted by molar-refractivity contribution is 5.93. The molecule has 0 saturated heterocycles. The zero-order valence-electron chi connectivity index (χ0n) is 9.96. The highest BCUT2D eigenvalue weighted by atomic mass is 16.1. The molecule has 0 fully saturated rings. The Labute approximate surface area is 102 Å². The summed E-state index contributed by atoms with van der Waals surface area (Å²) in [6, 6.07) is 6.22. The molecule has 1 heterocycles. The van der Waals surface area contributed by atoms with E-state index in [0.29, 0.717) is 6.42 Å². The normalized spacial score (nSPS) is 14.3. The van der Waals surface area contributed by atoms with Crippen LogP contribution in [0.2, 0.25) is 0 Å². The number of nitrogens with one attached hydrogen (secondary N) is 2. The second-order valence-electron chi connectivity index (χ2n) is 4.36. The number of rotatable bonds is 5. The predicted molar refractivity (Wildman–Crippen MR) is 68.8 cm³/mol. The van der Waals surface area contributed by atoms with E-state index in [2.05, 4.69) is 22.8 Å². The number of nitrogens with two attached hydrogens (primary N) is 1. The molecule has 0 aromatic heterocycles. The molecule has 1 aromatic rings. The third-order valence-electron chi connectivity index (χ3n) is 2.95. The van der Waals surface area contributed by atoms with E-state index >= 15 is 0 Å². The van der Waals surface area contributed by atoms with Gasteiger partial charge in [0.2, 0.25) is 5.91 Å². The number of aryl methyl sites for hydroxylation is 1. The van der Waals surface area contributed by atoms with E-state index in [4.69, 9.17) is 5.73 Å². The van der Waals surface area contributed by atoms with E-state index in [1.807, 2.05) is 6.07 Å². The Morgan fingerprint density at radius 3 is 3.06 bits per heavy atom. The minimum absolute atomic E-state index is 0.117. The molecule has 0 unspecified atom stereocenters. The number of hydrogen-bond donors (Lipinski definition) is 3. The van der Waals surface area contributed by atoms with Gasteiger partial charge in [0.1, 0.15) is 0 Å². The predicted octanol–water partition coefficient (Wildman–Crippen LogP) is 1.01. The Morgan fingerprint density at radius 1 is 1.35 bits per heavy atom. The monoisotopic (exact) mass is 233 g/mol. The lowest BCUT2D eigenvalue weighted by Gasteiger charge is -2.17. The molecule has 92 valence electrons. The minimum atomic E-state index is 0.117. The fourth-order valence-corrected chi connectivity index (χ4v) is 2.01. The maximum Gasteiger partial charge on any atom is 0.224 e. The summed E-state index contributed by atoms with van der Waals surface area (Å²) in [5.74, 6) is 0.117. The van der Waals surface area contributed by atoms with Crippen LogP contribution >= 0.6 is 0 Å². The lowest BCUT2D eigenvalue weighted by atomic mass is 10.0. The molecule has 0 saturated carbocycles. The first-order valence-electron chi connectivity index (χ1n) is 6.12. The Morgan fingerprint density at radius 2 is 2.24 bits per heavy atom. The van der Waals surface area contributed by atoms with Gasteiger partial charge in [-0.05, 0) is 43.1 Å². The van der Waals surface area contributed by atoms with Crippen molar-refractivity contribution in [1.82, 2.24) is 5.32 Å². The average molecular weight is 233 g/mol. The lowest BCUT2D eigenvalue weighted by Crippen LogP contribution is -2.20. The molecule has 4 N–H and O–H groups in total. The quantitative estimate of drug-likeness (QED) is 0.665. The van der Waals surface area contributed by atoms with E-state index in [1.54, 1.807) is 0 Å². The van der Waals surface area contributed by atoms with Gasteiger partial charge >= 0.3 is 0 Å². The molecule has 0 aliphatic carbocycles. The Kier molecular flexibility index (Phi) is 4.12. The van der Waals surface area contributed by atoms with Crippen molar-refractivity contribution in [1.29, 1.82) is 0 Å². The largest absolute Gasteiger partial charge is 0.330 e. The summed E-state index contributed by atoms with van der Waals surface area (Å²) >= 11 is 0. The molecule has 1 aliphatic rings. The molecular weight excluding hydrogens is 214 g/mol. The maximum atomic E-state index is 11.2. The summed E-state index contributed by atoms with van der Waals surface area (Å²) in [6.07, 6.45) is 2.44. The number of carbonyl (C=O) groups is 1. The third-order valence-corrected chi connectivity index (χ3v) is 2.95. The van der Waals surface area contributed by atoms with Crippen molar-refractivity contribution < 1.29 is 4.79 Å². The van der Waals surface area contributed by atoms with Gasteiger partial charge in [0.25, 0.3) is 0 Å². The molecule has 4 nitrogen and oxygen atoms in total. The molecule has 0 radical (unpaired) electrons. The summed E-state index contributed by atoms with van der Waals surface area (Å²) < 4.78 is 0. The van der Waals surface area contributed by atoms with Crippen LogP contribution in [0.5, 0.6) is 0 Å². The van der Waals surface area contributed by atoms with E-state index in [0.717, 1.165) is 38.2 Å². The van der Waals surface area contributed by atoms with Crippen LogP contribution in [0.1, 0.15) is 24.0 Å². The first-order valence-corrected chi connectivity index (χ1v) is 6.12. The SMILES string of the molecule is NCCCNCc1ccc2c(c1)CCC(=O)N2. The van der Waals surface area contributed by atoms with Crippen LogP contribution in [0.3, 0.4) is 0 Å². The molecule has 1 amide bonds. The van der Waals surface area contributed by atoms with Gasteiger partial charge in [-0.1, -0.05) is 12.1 Å². The maximum absolute atomic E-state index is 11.2. The zero-order valence-corrected chi connectivity index (χ0v) is 9.96. The van der Waals surface area contributed by atoms with Gasteiger partial charge in [0, 0.05) is 18.7 Å². The van der Waals surface area contributed by atoms with Gasteiger partial charge in [0.15, 0.2) is 0 Å². The smallest absolute Gasteiger partial charge is 0.224 e. The highest BCUT2D eigenvalue weighted by Gasteiger charge is 2.14. The second-order valence-corrected chi connectivity index (χ2v) is 4.36. The molecule has 1 aliphatic heterocycles. The minimum Gasteiger partial charge on any atom is -0.330 e. The van der Waals surface area contributed by atoms with Crippen molar-refractivity contribution in [2.45, 2.75) is 25.8 Å². The highest BCUT2D eigenvalue weighted by Crippen LogP contribution is 2.23.